The van der Waals surface area contributed by atoms with Gasteiger partial charge in [-0.25, -0.2) is 4.79 Å². The molecule has 4 amide bonds. The lowest BCUT2D eigenvalue weighted by atomic mass is 9.91. The average Bonchev–Trinajstić information content (AvgIpc) is 2.96. The standard InChI is InChI=1S/C23H27N3O4/c1-17-9-11-19(12-10-17)23(2)21(28)26(22(29)24-23)16-20(27)25(13-14-30-3)15-18-7-5-4-6-8-18/h4-12H,13-16H2,1-3H3,(H,24,29)/t23-/m1/s1. The minimum absolute atomic E-state index is 0.312. The van der Waals surface area contributed by atoms with Crippen LogP contribution >= 0.6 is 0 Å². The first kappa shape index (κ1) is 21.5. The van der Waals surface area contributed by atoms with Gasteiger partial charge in [0.1, 0.15) is 12.1 Å². The van der Waals surface area contributed by atoms with Crippen molar-refractivity contribution in [1.29, 1.82) is 0 Å². The van der Waals surface area contributed by atoms with Gasteiger partial charge in [0.25, 0.3) is 5.91 Å². The van der Waals surface area contributed by atoms with Crippen LogP contribution < -0.4 is 5.32 Å². The molecule has 0 aromatic heterocycles. The third-order valence-electron chi connectivity index (χ3n) is 5.33. The monoisotopic (exact) mass is 409 g/mol. The number of hydrogen-bond acceptors (Lipinski definition) is 4. The molecule has 158 valence electrons. The maximum atomic E-state index is 13.1. The Morgan fingerprint density at radius 2 is 1.77 bits per heavy atom. The molecule has 30 heavy (non-hydrogen) atoms. The highest BCUT2D eigenvalue weighted by molar-refractivity contribution is 6.09. The van der Waals surface area contributed by atoms with Crippen LogP contribution in [0.3, 0.4) is 0 Å². The number of hydrogen-bond donors (Lipinski definition) is 1. The summed E-state index contributed by atoms with van der Waals surface area (Å²) in [6.45, 7) is 4.40. The van der Waals surface area contributed by atoms with Crippen molar-refractivity contribution in [1.82, 2.24) is 15.1 Å². The molecule has 1 fully saturated rings. The molecular formula is C23H27N3O4. The van der Waals surface area contributed by atoms with Gasteiger partial charge in [0.2, 0.25) is 5.91 Å². The van der Waals surface area contributed by atoms with E-state index >= 15 is 0 Å². The van der Waals surface area contributed by atoms with E-state index < -0.39 is 17.5 Å². The van der Waals surface area contributed by atoms with E-state index in [2.05, 4.69) is 5.32 Å². The van der Waals surface area contributed by atoms with Gasteiger partial charge in [-0.05, 0) is 25.0 Å². The van der Waals surface area contributed by atoms with E-state index in [9.17, 15) is 14.4 Å². The summed E-state index contributed by atoms with van der Waals surface area (Å²) in [4.78, 5) is 41.3. The Bertz CT molecular complexity index is 914. The Morgan fingerprint density at radius 3 is 2.40 bits per heavy atom. The number of rotatable bonds is 8. The highest BCUT2D eigenvalue weighted by Gasteiger charge is 2.49. The predicted octanol–water partition coefficient (Wildman–Crippen LogP) is 2.44. The number of methoxy groups -OCH3 is 1. The zero-order valence-electron chi connectivity index (χ0n) is 17.6. The second-order valence-electron chi connectivity index (χ2n) is 7.61. The molecule has 0 bridgehead atoms. The molecule has 1 saturated heterocycles. The molecule has 1 aliphatic heterocycles. The smallest absolute Gasteiger partial charge is 0.325 e. The topological polar surface area (TPSA) is 79.0 Å². The maximum absolute atomic E-state index is 13.1. The quantitative estimate of drug-likeness (QED) is 0.680. The zero-order chi connectivity index (χ0) is 21.7. The van der Waals surface area contributed by atoms with Crippen LogP contribution in [-0.4, -0.2) is 54.5 Å². The molecule has 3 rings (SSSR count). The summed E-state index contributed by atoms with van der Waals surface area (Å²) >= 11 is 0. The van der Waals surface area contributed by atoms with E-state index in [0.717, 1.165) is 16.0 Å². The Hall–Kier alpha value is -3.19. The molecule has 0 radical (unpaired) electrons. The van der Waals surface area contributed by atoms with Crippen LogP contribution in [0.15, 0.2) is 54.6 Å². The summed E-state index contributed by atoms with van der Waals surface area (Å²) in [5, 5.41) is 2.75. The van der Waals surface area contributed by atoms with Gasteiger partial charge in [-0.3, -0.25) is 14.5 Å². The van der Waals surface area contributed by atoms with E-state index in [1.807, 2.05) is 61.5 Å². The molecule has 1 heterocycles. The average molecular weight is 409 g/mol. The van der Waals surface area contributed by atoms with E-state index in [-0.39, 0.29) is 12.5 Å². The summed E-state index contributed by atoms with van der Waals surface area (Å²) in [6.07, 6.45) is 0. The molecule has 2 aromatic rings. The SMILES string of the molecule is COCCN(Cc1ccccc1)C(=O)CN1C(=O)N[C@](C)(c2ccc(C)cc2)C1=O. The van der Waals surface area contributed by atoms with Crippen molar-refractivity contribution in [2.45, 2.75) is 25.9 Å². The van der Waals surface area contributed by atoms with Crippen LogP contribution in [-0.2, 0) is 26.4 Å². The van der Waals surface area contributed by atoms with Gasteiger partial charge >= 0.3 is 6.03 Å². The highest BCUT2D eigenvalue weighted by atomic mass is 16.5. The lowest BCUT2D eigenvalue weighted by Crippen LogP contribution is -2.45. The third kappa shape index (κ3) is 4.52. The van der Waals surface area contributed by atoms with Crippen molar-refractivity contribution in [3.8, 4) is 0 Å². The normalized spacial score (nSPS) is 18.4. The van der Waals surface area contributed by atoms with E-state index in [0.29, 0.717) is 25.3 Å². The summed E-state index contributed by atoms with van der Waals surface area (Å²) in [6, 6.07) is 16.4. The van der Waals surface area contributed by atoms with Crippen molar-refractivity contribution in [3.05, 3.63) is 71.3 Å². The molecule has 0 spiro atoms. The van der Waals surface area contributed by atoms with Crippen LogP contribution in [0.25, 0.3) is 0 Å². The summed E-state index contributed by atoms with van der Waals surface area (Å²) in [7, 11) is 1.57. The number of urea groups is 1. The summed E-state index contributed by atoms with van der Waals surface area (Å²) < 4.78 is 5.12. The lowest BCUT2D eigenvalue weighted by Gasteiger charge is -2.25. The number of nitrogens with one attached hydrogen (secondary N) is 1. The fourth-order valence-corrected chi connectivity index (χ4v) is 3.46. The highest BCUT2D eigenvalue weighted by Crippen LogP contribution is 2.29. The van der Waals surface area contributed by atoms with E-state index in [4.69, 9.17) is 4.74 Å². The Balaban J connectivity index is 1.75. The number of nitrogens with zero attached hydrogens (tertiary/aromatic N) is 2. The van der Waals surface area contributed by atoms with Crippen LogP contribution in [0.5, 0.6) is 0 Å². The van der Waals surface area contributed by atoms with Gasteiger partial charge in [0.15, 0.2) is 0 Å². The minimum atomic E-state index is -1.19. The van der Waals surface area contributed by atoms with Gasteiger partial charge in [0, 0.05) is 20.2 Å². The predicted molar refractivity (Wildman–Crippen MR) is 113 cm³/mol. The Morgan fingerprint density at radius 1 is 1.10 bits per heavy atom. The summed E-state index contributed by atoms with van der Waals surface area (Å²) in [5.74, 6) is -0.747. The molecule has 7 heteroatoms. The van der Waals surface area contributed by atoms with Crippen LogP contribution in [0.2, 0.25) is 0 Å². The summed E-state index contributed by atoms with van der Waals surface area (Å²) in [5.41, 5.74) is 1.51. The van der Waals surface area contributed by atoms with Gasteiger partial charge in [-0.2, -0.15) is 0 Å². The first-order chi connectivity index (χ1) is 14.3. The fourth-order valence-electron chi connectivity index (χ4n) is 3.46. The minimum Gasteiger partial charge on any atom is -0.383 e. The molecule has 0 aliphatic carbocycles. The second-order valence-corrected chi connectivity index (χ2v) is 7.61. The van der Waals surface area contributed by atoms with Crippen LogP contribution in [0.1, 0.15) is 23.6 Å². The largest absolute Gasteiger partial charge is 0.383 e. The number of carbonyl (C=O) groups is 3. The molecule has 1 aliphatic rings. The van der Waals surface area contributed by atoms with Crippen molar-refractivity contribution in [2.24, 2.45) is 0 Å². The fraction of sp³-hybridized carbons (Fsp3) is 0.348. The van der Waals surface area contributed by atoms with Crippen molar-refractivity contribution in [2.75, 3.05) is 26.8 Å². The first-order valence-corrected chi connectivity index (χ1v) is 9.87. The van der Waals surface area contributed by atoms with Gasteiger partial charge < -0.3 is 15.0 Å². The van der Waals surface area contributed by atoms with Crippen molar-refractivity contribution >= 4 is 17.8 Å². The molecule has 0 unspecified atom stereocenters. The number of benzene rings is 2. The Labute approximate surface area is 176 Å². The van der Waals surface area contributed by atoms with E-state index in [1.165, 1.54) is 0 Å². The third-order valence-corrected chi connectivity index (χ3v) is 5.33. The molecule has 1 atom stereocenters. The molecule has 0 saturated carbocycles. The first-order valence-electron chi connectivity index (χ1n) is 9.87. The van der Waals surface area contributed by atoms with Crippen LogP contribution in [0, 0.1) is 6.92 Å². The molecule has 1 N–H and O–H groups in total. The molecular weight excluding hydrogens is 382 g/mol. The Kier molecular flexibility index (Phi) is 6.52. The number of amides is 4. The molecule has 2 aromatic carbocycles. The van der Waals surface area contributed by atoms with Crippen molar-refractivity contribution < 1.29 is 19.1 Å². The number of imide groups is 1. The van der Waals surface area contributed by atoms with Gasteiger partial charge in [0.05, 0.1) is 6.61 Å². The van der Waals surface area contributed by atoms with E-state index in [1.54, 1.807) is 18.9 Å². The van der Waals surface area contributed by atoms with Gasteiger partial charge in [-0.1, -0.05) is 60.2 Å². The number of carbonyl (C=O) groups excluding carboxylic acids is 3. The van der Waals surface area contributed by atoms with Gasteiger partial charge in [-0.15, -0.1) is 0 Å². The van der Waals surface area contributed by atoms with Crippen LogP contribution in [0.4, 0.5) is 4.79 Å². The number of ether oxygens (including phenoxy) is 1. The lowest BCUT2D eigenvalue weighted by molar-refractivity contribution is -0.139. The molecule has 7 nitrogen and oxygen atoms in total. The van der Waals surface area contributed by atoms with Crippen molar-refractivity contribution in [3.63, 3.8) is 0 Å². The maximum Gasteiger partial charge on any atom is 0.325 e. The second kappa shape index (κ2) is 9.09. The zero-order valence-corrected chi connectivity index (χ0v) is 17.6. The number of aryl methyl sites for hydroxylation is 1.